The molecule has 0 bridgehead atoms. The SMILES string of the molecule is O=C(COC(=O)[C@H]1CC(=O)N(NC(=O)c2ccc(Br)cc2)C1)Nc1ccccc1Cl. The summed E-state index contributed by atoms with van der Waals surface area (Å²) in [5, 5.41) is 3.98. The van der Waals surface area contributed by atoms with Gasteiger partial charge in [-0.25, -0.2) is 0 Å². The van der Waals surface area contributed by atoms with Crippen LogP contribution in [0, 0.1) is 5.92 Å². The zero-order valence-corrected chi connectivity index (χ0v) is 17.9. The summed E-state index contributed by atoms with van der Waals surface area (Å²) in [4.78, 5) is 48.6. The van der Waals surface area contributed by atoms with E-state index < -0.39 is 36.2 Å². The van der Waals surface area contributed by atoms with Gasteiger partial charge in [0.2, 0.25) is 5.91 Å². The highest BCUT2D eigenvalue weighted by atomic mass is 79.9. The van der Waals surface area contributed by atoms with Crippen LogP contribution in [0.1, 0.15) is 16.8 Å². The molecule has 1 fully saturated rings. The minimum absolute atomic E-state index is 0.0356. The first-order valence-electron chi connectivity index (χ1n) is 8.91. The number of ether oxygens (including phenoxy) is 1. The molecule has 1 aliphatic heterocycles. The third-order valence-corrected chi connectivity index (χ3v) is 5.15. The Balaban J connectivity index is 1.48. The molecule has 10 heteroatoms. The number of benzene rings is 2. The number of nitrogens with zero attached hydrogens (tertiary/aromatic N) is 1. The Bertz CT molecular complexity index is 983. The van der Waals surface area contributed by atoms with Crippen molar-refractivity contribution in [2.24, 2.45) is 5.92 Å². The monoisotopic (exact) mass is 493 g/mol. The fourth-order valence-corrected chi connectivity index (χ4v) is 3.21. The van der Waals surface area contributed by atoms with Gasteiger partial charge in [0.25, 0.3) is 11.8 Å². The van der Waals surface area contributed by atoms with E-state index in [1.807, 2.05) is 0 Å². The second kappa shape index (κ2) is 9.73. The van der Waals surface area contributed by atoms with E-state index in [0.29, 0.717) is 16.3 Å². The van der Waals surface area contributed by atoms with Gasteiger partial charge in [0.15, 0.2) is 6.61 Å². The van der Waals surface area contributed by atoms with Crippen molar-refractivity contribution in [3.63, 3.8) is 0 Å². The molecule has 1 saturated heterocycles. The summed E-state index contributed by atoms with van der Waals surface area (Å²) in [5.74, 6) is -2.91. The van der Waals surface area contributed by atoms with E-state index in [4.69, 9.17) is 16.3 Å². The maximum Gasteiger partial charge on any atom is 0.311 e. The molecule has 0 radical (unpaired) electrons. The maximum absolute atomic E-state index is 12.2. The Morgan fingerprint density at radius 2 is 1.83 bits per heavy atom. The molecule has 2 aromatic rings. The Kier molecular flexibility index (Phi) is 7.07. The van der Waals surface area contributed by atoms with Crippen LogP contribution in [0.25, 0.3) is 0 Å². The second-order valence-corrected chi connectivity index (χ2v) is 7.81. The number of carbonyl (C=O) groups excluding carboxylic acids is 4. The van der Waals surface area contributed by atoms with Gasteiger partial charge in [-0.1, -0.05) is 39.7 Å². The summed E-state index contributed by atoms with van der Waals surface area (Å²) in [6.07, 6.45) is -0.119. The lowest BCUT2D eigenvalue weighted by atomic mass is 10.1. The maximum atomic E-state index is 12.2. The molecule has 1 heterocycles. The predicted molar refractivity (Wildman–Crippen MR) is 112 cm³/mol. The Morgan fingerprint density at radius 1 is 1.13 bits per heavy atom. The quantitative estimate of drug-likeness (QED) is 0.601. The van der Waals surface area contributed by atoms with Gasteiger partial charge in [-0.3, -0.25) is 29.6 Å². The fourth-order valence-electron chi connectivity index (χ4n) is 2.77. The highest BCUT2D eigenvalue weighted by Crippen LogP contribution is 2.21. The van der Waals surface area contributed by atoms with Crippen LogP contribution in [-0.2, 0) is 19.1 Å². The number of hydrogen-bond donors (Lipinski definition) is 2. The molecule has 0 aromatic heterocycles. The van der Waals surface area contributed by atoms with Crippen molar-refractivity contribution in [1.82, 2.24) is 10.4 Å². The molecule has 8 nitrogen and oxygen atoms in total. The van der Waals surface area contributed by atoms with E-state index in [-0.39, 0.29) is 13.0 Å². The first kappa shape index (κ1) is 21.8. The molecule has 2 aromatic carbocycles. The summed E-state index contributed by atoms with van der Waals surface area (Å²) in [6, 6.07) is 13.3. The van der Waals surface area contributed by atoms with Gasteiger partial charge < -0.3 is 10.1 Å². The molecular weight excluding hydrogens is 478 g/mol. The van der Waals surface area contributed by atoms with E-state index in [1.165, 1.54) is 0 Å². The molecule has 3 rings (SSSR count). The van der Waals surface area contributed by atoms with Crippen molar-refractivity contribution < 1.29 is 23.9 Å². The molecule has 0 spiro atoms. The topological polar surface area (TPSA) is 105 Å². The summed E-state index contributed by atoms with van der Waals surface area (Å²) in [5.41, 5.74) is 3.25. The summed E-state index contributed by atoms with van der Waals surface area (Å²) >= 11 is 9.24. The molecule has 0 unspecified atom stereocenters. The largest absolute Gasteiger partial charge is 0.455 e. The van der Waals surface area contributed by atoms with Crippen LogP contribution in [0.4, 0.5) is 5.69 Å². The Labute approximate surface area is 185 Å². The number of amides is 3. The van der Waals surface area contributed by atoms with Crippen LogP contribution in [0.2, 0.25) is 5.02 Å². The molecular formula is C20H17BrClN3O5. The lowest BCUT2D eigenvalue weighted by Crippen LogP contribution is -2.43. The normalized spacial score (nSPS) is 15.6. The lowest BCUT2D eigenvalue weighted by Gasteiger charge is -2.17. The number of carbonyl (C=O) groups is 4. The van der Waals surface area contributed by atoms with Crippen LogP contribution in [0.3, 0.4) is 0 Å². The molecule has 1 aliphatic rings. The van der Waals surface area contributed by atoms with Gasteiger partial charge in [-0.15, -0.1) is 0 Å². The molecule has 0 aliphatic carbocycles. The number of nitrogens with one attached hydrogen (secondary N) is 2. The number of hydrazine groups is 1. The van der Waals surface area contributed by atoms with Crippen molar-refractivity contribution in [2.75, 3.05) is 18.5 Å². The van der Waals surface area contributed by atoms with Gasteiger partial charge in [-0.05, 0) is 36.4 Å². The van der Waals surface area contributed by atoms with E-state index in [2.05, 4.69) is 26.7 Å². The third-order valence-electron chi connectivity index (χ3n) is 4.29. The van der Waals surface area contributed by atoms with Crippen LogP contribution in [-0.4, -0.2) is 41.9 Å². The minimum Gasteiger partial charge on any atom is -0.455 e. The van der Waals surface area contributed by atoms with Crippen LogP contribution >= 0.6 is 27.5 Å². The van der Waals surface area contributed by atoms with Gasteiger partial charge in [0.05, 0.1) is 23.2 Å². The van der Waals surface area contributed by atoms with E-state index >= 15 is 0 Å². The smallest absolute Gasteiger partial charge is 0.311 e. The zero-order valence-electron chi connectivity index (χ0n) is 15.6. The molecule has 2 N–H and O–H groups in total. The first-order chi connectivity index (χ1) is 14.3. The highest BCUT2D eigenvalue weighted by Gasteiger charge is 2.36. The van der Waals surface area contributed by atoms with Gasteiger partial charge in [0, 0.05) is 16.5 Å². The number of halogens is 2. The Morgan fingerprint density at radius 3 is 2.53 bits per heavy atom. The van der Waals surface area contributed by atoms with Crippen molar-refractivity contribution >= 4 is 56.9 Å². The molecule has 30 heavy (non-hydrogen) atoms. The predicted octanol–water partition coefficient (Wildman–Crippen LogP) is 2.78. The second-order valence-electron chi connectivity index (χ2n) is 6.49. The average molecular weight is 495 g/mol. The standard InChI is InChI=1S/C20H17BrClN3O5/c21-14-7-5-12(6-8-14)19(28)24-25-10-13(9-18(25)27)20(29)30-11-17(26)23-16-4-2-1-3-15(16)22/h1-8,13H,9-11H2,(H,23,26)(H,24,28)/t13-/m0/s1. The Hall–Kier alpha value is -2.91. The van der Waals surface area contributed by atoms with Crippen LogP contribution in [0.15, 0.2) is 53.0 Å². The van der Waals surface area contributed by atoms with Crippen molar-refractivity contribution in [3.05, 3.63) is 63.6 Å². The van der Waals surface area contributed by atoms with Crippen molar-refractivity contribution in [3.8, 4) is 0 Å². The number of esters is 1. The zero-order chi connectivity index (χ0) is 21.7. The molecule has 156 valence electrons. The van der Waals surface area contributed by atoms with E-state index in [1.54, 1.807) is 48.5 Å². The number of para-hydroxylation sites is 1. The first-order valence-corrected chi connectivity index (χ1v) is 10.1. The van der Waals surface area contributed by atoms with Gasteiger partial charge in [0.1, 0.15) is 0 Å². The average Bonchev–Trinajstić information content (AvgIpc) is 3.09. The highest BCUT2D eigenvalue weighted by molar-refractivity contribution is 9.10. The van der Waals surface area contributed by atoms with Crippen molar-refractivity contribution in [2.45, 2.75) is 6.42 Å². The third kappa shape index (κ3) is 5.58. The van der Waals surface area contributed by atoms with Crippen LogP contribution in [0.5, 0.6) is 0 Å². The number of anilines is 1. The summed E-state index contributed by atoms with van der Waals surface area (Å²) < 4.78 is 5.83. The van der Waals surface area contributed by atoms with Gasteiger partial charge >= 0.3 is 5.97 Å². The van der Waals surface area contributed by atoms with Gasteiger partial charge in [-0.2, -0.15) is 0 Å². The van der Waals surface area contributed by atoms with E-state index in [9.17, 15) is 19.2 Å². The summed E-state index contributed by atoms with van der Waals surface area (Å²) in [6.45, 7) is -0.550. The number of rotatable bonds is 6. The molecule has 3 amide bonds. The fraction of sp³-hybridized carbons (Fsp3) is 0.200. The number of hydrogen-bond acceptors (Lipinski definition) is 5. The van der Waals surface area contributed by atoms with Crippen LogP contribution < -0.4 is 10.7 Å². The summed E-state index contributed by atoms with van der Waals surface area (Å²) in [7, 11) is 0. The van der Waals surface area contributed by atoms with Crippen molar-refractivity contribution in [1.29, 1.82) is 0 Å². The van der Waals surface area contributed by atoms with E-state index in [0.717, 1.165) is 9.48 Å². The molecule has 0 saturated carbocycles. The minimum atomic E-state index is -0.782. The lowest BCUT2D eigenvalue weighted by molar-refractivity contribution is -0.151. The molecule has 1 atom stereocenters.